The summed E-state index contributed by atoms with van der Waals surface area (Å²) in [6.07, 6.45) is 2.36. The van der Waals surface area contributed by atoms with Crippen molar-refractivity contribution in [1.29, 1.82) is 0 Å². The molecule has 2 aromatic carbocycles. The maximum atomic E-state index is 12.4. The van der Waals surface area contributed by atoms with Crippen LogP contribution < -0.4 is 10.9 Å². The van der Waals surface area contributed by atoms with Crippen LogP contribution in [0, 0.1) is 0 Å². The van der Waals surface area contributed by atoms with Gasteiger partial charge in [-0.3, -0.25) is 9.59 Å². The highest BCUT2D eigenvalue weighted by Gasteiger charge is 2.14. The lowest BCUT2D eigenvalue weighted by Crippen LogP contribution is -2.35. The number of hydrogen-bond donors (Lipinski definition) is 1. The summed E-state index contributed by atoms with van der Waals surface area (Å²) in [5.74, 6) is -0.236. The van der Waals surface area contributed by atoms with E-state index in [0.717, 1.165) is 21.8 Å². The fraction of sp³-hybridized carbons (Fsp3) is 0.211. The van der Waals surface area contributed by atoms with Crippen LogP contribution in [0.25, 0.3) is 10.8 Å². The summed E-state index contributed by atoms with van der Waals surface area (Å²) in [4.78, 5) is 24.8. The van der Waals surface area contributed by atoms with Crippen molar-refractivity contribution in [3.63, 3.8) is 0 Å². The fourth-order valence-electron chi connectivity index (χ4n) is 2.73. The number of hydrogen-bond acceptors (Lipinski definition) is 3. The predicted molar refractivity (Wildman–Crippen MR) is 101 cm³/mol. The van der Waals surface area contributed by atoms with Gasteiger partial charge in [-0.05, 0) is 30.2 Å². The number of carbonyl (C=O) groups excluding carboxylic acids is 1. The fourth-order valence-corrected chi connectivity index (χ4v) is 3.00. The molecule has 6 heteroatoms. The van der Waals surface area contributed by atoms with Gasteiger partial charge in [0.2, 0.25) is 5.91 Å². The zero-order valence-corrected chi connectivity index (χ0v) is 15.4. The molecule has 0 aliphatic rings. The van der Waals surface area contributed by atoms with Crippen LogP contribution in [-0.2, 0) is 11.3 Å². The average molecular weight is 400 g/mol. The molecule has 0 radical (unpaired) electrons. The van der Waals surface area contributed by atoms with Crippen LogP contribution >= 0.6 is 15.9 Å². The third-order valence-corrected chi connectivity index (χ3v) is 4.60. The zero-order chi connectivity index (χ0) is 17.8. The van der Waals surface area contributed by atoms with Crippen molar-refractivity contribution < 1.29 is 4.79 Å². The highest BCUT2D eigenvalue weighted by atomic mass is 79.9. The summed E-state index contributed by atoms with van der Waals surface area (Å²) < 4.78 is 2.19. The van der Waals surface area contributed by atoms with Crippen LogP contribution in [0.5, 0.6) is 0 Å². The summed E-state index contributed by atoms with van der Waals surface area (Å²) in [6, 6.07) is 15.0. The number of nitrogens with one attached hydrogen (secondary N) is 1. The summed E-state index contributed by atoms with van der Waals surface area (Å²) in [5, 5.41) is 8.40. The van der Waals surface area contributed by atoms with Gasteiger partial charge in [-0.2, -0.15) is 5.10 Å². The monoisotopic (exact) mass is 399 g/mol. The van der Waals surface area contributed by atoms with E-state index in [-0.39, 0.29) is 24.1 Å². The number of carbonyl (C=O) groups is 1. The number of rotatable bonds is 5. The van der Waals surface area contributed by atoms with Crippen LogP contribution in [0.2, 0.25) is 0 Å². The van der Waals surface area contributed by atoms with Crippen LogP contribution in [0.3, 0.4) is 0 Å². The van der Waals surface area contributed by atoms with E-state index in [1.807, 2.05) is 43.3 Å². The highest BCUT2D eigenvalue weighted by molar-refractivity contribution is 9.10. The first kappa shape index (κ1) is 17.4. The molecule has 3 rings (SSSR count). The molecule has 1 atom stereocenters. The van der Waals surface area contributed by atoms with E-state index >= 15 is 0 Å². The van der Waals surface area contributed by atoms with Crippen molar-refractivity contribution in [3.8, 4) is 0 Å². The molecule has 0 aliphatic carbocycles. The van der Waals surface area contributed by atoms with E-state index in [4.69, 9.17) is 0 Å². The van der Waals surface area contributed by atoms with Gasteiger partial charge < -0.3 is 5.32 Å². The average Bonchev–Trinajstić information content (AvgIpc) is 2.63. The van der Waals surface area contributed by atoms with E-state index in [1.165, 1.54) is 4.68 Å². The number of halogens is 1. The molecule has 3 aromatic rings. The Kier molecular flexibility index (Phi) is 5.28. The standard InChI is InChI=1S/C19H18BrN3O2/c1-2-17(13-7-9-15(20)10-8-13)22-18(24)12-23-19(25)16-6-4-3-5-14(16)11-21-23/h3-11,17H,2,12H2,1H3,(H,22,24). The molecule has 1 amide bonds. The minimum atomic E-state index is -0.259. The van der Waals surface area contributed by atoms with Gasteiger partial charge in [0.25, 0.3) is 5.56 Å². The molecule has 1 heterocycles. The van der Waals surface area contributed by atoms with E-state index in [9.17, 15) is 9.59 Å². The molecule has 5 nitrogen and oxygen atoms in total. The van der Waals surface area contributed by atoms with Gasteiger partial charge in [0.1, 0.15) is 6.54 Å². The van der Waals surface area contributed by atoms with Crippen molar-refractivity contribution in [3.05, 3.63) is 75.1 Å². The first-order chi connectivity index (χ1) is 12.1. The Morgan fingerprint density at radius 1 is 1.20 bits per heavy atom. The molecule has 128 valence electrons. The van der Waals surface area contributed by atoms with Crippen LogP contribution in [0.4, 0.5) is 0 Å². The zero-order valence-electron chi connectivity index (χ0n) is 13.8. The normalized spacial score (nSPS) is 12.1. The maximum Gasteiger partial charge on any atom is 0.275 e. The Labute approximate surface area is 153 Å². The second kappa shape index (κ2) is 7.61. The first-order valence-electron chi connectivity index (χ1n) is 8.08. The smallest absolute Gasteiger partial charge is 0.275 e. The Morgan fingerprint density at radius 3 is 2.64 bits per heavy atom. The predicted octanol–water partition coefficient (Wildman–Crippen LogP) is 3.43. The molecule has 25 heavy (non-hydrogen) atoms. The van der Waals surface area contributed by atoms with Gasteiger partial charge in [0, 0.05) is 9.86 Å². The van der Waals surface area contributed by atoms with Crippen LogP contribution in [-0.4, -0.2) is 15.7 Å². The summed E-state index contributed by atoms with van der Waals surface area (Å²) in [7, 11) is 0. The SMILES string of the molecule is CCC(NC(=O)Cn1ncc2ccccc2c1=O)c1ccc(Br)cc1. The molecule has 0 bridgehead atoms. The van der Waals surface area contributed by atoms with Crippen molar-refractivity contribution in [2.24, 2.45) is 0 Å². The minimum absolute atomic E-state index is 0.100. The van der Waals surface area contributed by atoms with Crippen LogP contribution in [0.1, 0.15) is 24.9 Å². The van der Waals surface area contributed by atoms with Crippen LogP contribution in [0.15, 0.2) is 64.0 Å². The summed E-state index contributed by atoms with van der Waals surface area (Å²) >= 11 is 3.41. The van der Waals surface area contributed by atoms with Crippen molar-refractivity contribution in [2.45, 2.75) is 25.9 Å². The summed E-state index contributed by atoms with van der Waals surface area (Å²) in [5.41, 5.74) is 0.766. The molecule has 0 saturated carbocycles. The number of fused-ring (bicyclic) bond motifs is 1. The number of nitrogens with zero attached hydrogens (tertiary/aromatic N) is 2. The molecule has 1 unspecified atom stereocenters. The molecule has 0 fully saturated rings. The third kappa shape index (κ3) is 3.96. The quantitative estimate of drug-likeness (QED) is 0.714. The Bertz CT molecular complexity index is 951. The summed E-state index contributed by atoms with van der Waals surface area (Å²) in [6.45, 7) is 1.91. The Morgan fingerprint density at radius 2 is 1.92 bits per heavy atom. The van der Waals surface area contributed by atoms with Gasteiger partial charge in [-0.1, -0.05) is 53.2 Å². The lowest BCUT2D eigenvalue weighted by atomic mass is 10.0. The van der Waals surface area contributed by atoms with E-state index < -0.39 is 0 Å². The molecule has 1 N–H and O–H groups in total. The van der Waals surface area contributed by atoms with Gasteiger partial charge in [-0.15, -0.1) is 0 Å². The second-order valence-corrected chi connectivity index (χ2v) is 6.69. The number of amides is 1. The van der Waals surface area contributed by atoms with Gasteiger partial charge in [0.05, 0.1) is 17.6 Å². The highest BCUT2D eigenvalue weighted by Crippen LogP contribution is 2.19. The maximum absolute atomic E-state index is 12.4. The topological polar surface area (TPSA) is 64.0 Å². The molecule has 0 spiro atoms. The molecule has 0 aliphatic heterocycles. The largest absolute Gasteiger partial charge is 0.348 e. The van der Waals surface area contributed by atoms with Crippen molar-refractivity contribution >= 4 is 32.6 Å². The number of aromatic nitrogens is 2. The van der Waals surface area contributed by atoms with Gasteiger partial charge in [-0.25, -0.2) is 4.68 Å². The van der Waals surface area contributed by atoms with Crippen molar-refractivity contribution in [2.75, 3.05) is 0 Å². The molecular formula is C19H18BrN3O2. The molecule has 0 saturated heterocycles. The molecular weight excluding hydrogens is 382 g/mol. The second-order valence-electron chi connectivity index (χ2n) is 5.77. The lowest BCUT2D eigenvalue weighted by Gasteiger charge is -2.18. The third-order valence-electron chi connectivity index (χ3n) is 4.07. The van der Waals surface area contributed by atoms with E-state index in [0.29, 0.717) is 5.39 Å². The lowest BCUT2D eigenvalue weighted by molar-refractivity contribution is -0.122. The van der Waals surface area contributed by atoms with Crippen molar-refractivity contribution in [1.82, 2.24) is 15.1 Å². The number of benzene rings is 2. The molecule has 1 aromatic heterocycles. The van der Waals surface area contributed by atoms with Gasteiger partial charge in [0.15, 0.2) is 0 Å². The Balaban J connectivity index is 1.76. The van der Waals surface area contributed by atoms with Gasteiger partial charge >= 0.3 is 0 Å². The Hall–Kier alpha value is -2.47. The van der Waals surface area contributed by atoms with E-state index in [1.54, 1.807) is 18.3 Å². The minimum Gasteiger partial charge on any atom is -0.348 e. The first-order valence-corrected chi connectivity index (χ1v) is 8.87. The van der Waals surface area contributed by atoms with E-state index in [2.05, 4.69) is 26.3 Å².